The van der Waals surface area contributed by atoms with Crippen LogP contribution in [0.1, 0.15) is 12.6 Å². The van der Waals surface area contributed by atoms with Crippen molar-refractivity contribution in [3.05, 3.63) is 11.9 Å². The van der Waals surface area contributed by atoms with E-state index in [4.69, 9.17) is 0 Å². The van der Waals surface area contributed by atoms with E-state index in [1.54, 1.807) is 4.68 Å². The molecule has 0 radical (unpaired) electrons. The van der Waals surface area contributed by atoms with Gasteiger partial charge in [0.25, 0.3) is 0 Å². The summed E-state index contributed by atoms with van der Waals surface area (Å²) in [5.41, 5.74) is 0.296. The fraction of sp³-hybridized carbons (Fsp3) is 0.778. The first-order valence-corrected chi connectivity index (χ1v) is 5.91. The summed E-state index contributed by atoms with van der Waals surface area (Å²) >= 11 is 1.81. The Kier molecular flexibility index (Phi) is 2.53. The lowest BCUT2D eigenvalue weighted by molar-refractivity contribution is 0.0269. The highest BCUT2D eigenvalue weighted by atomic mass is 32.2. The predicted octanol–water partition coefficient (Wildman–Crippen LogP) is 0.472. The summed E-state index contributed by atoms with van der Waals surface area (Å²) in [4.78, 5) is 0. The van der Waals surface area contributed by atoms with Crippen molar-refractivity contribution in [2.75, 3.05) is 11.5 Å². The zero-order chi connectivity index (χ0) is 10.2. The van der Waals surface area contributed by atoms with Gasteiger partial charge in [-0.2, -0.15) is 11.8 Å². The fourth-order valence-electron chi connectivity index (χ4n) is 1.73. The minimum absolute atomic E-state index is 0.342. The van der Waals surface area contributed by atoms with Crippen LogP contribution in [-0.4, -0.2) is 37.2 Å². The van der Waals surface area contributed by atoms with Crippen LogP contribution in [-0.2, 0) is 13.5 Å². The van der Waals surface area contributed by atoms with Crippen LogP contribution in [0.15, 0.2) is 6.20 Å². The van der Waals surface area contributed by atoms with Crippen molar-refractivity contribution in [2.24, 2.45) is 13.0 Å². The lowest BCUT2D eigenvalue weighted by Crippen LogP contribution is -2.37. The van der Waals surface area contributed by atoms with Gasteiger partial charge >= 0.3 is 0 Å². The lowest BCUT2D eigenvalue weighted by atomic mass is 9.88. The Labute approximate surface area is 87.7 Å². The molecule has 1 N–H and O–H groups in total. The highest BCUT2D eigenvalue weighted by Crippen LogP contribution is 2.35. The molecule has 0 aromatic carbocycles. The summed E-state index contributed by atoms with van der Waals surface area (Å²) in [5, 5.41) is 18.2. The van der Waals surface area contributed by atoms with Crippen molar-refractivity contribution >= 4 is 11.8 Å². The number of hydrogen-bond donors (Lipinski definition) is 1. The maximum Gasteiger partial charge on any atom is 0.0856 e. The molecule has 2 atom stereocenters. The van der Waals surface area contributed by atoms with Gasteiger partial charge in [0.05, 0.1) is 11.3 Å². The zero-order valence-corrected chi connectivity index (χ0v) is 9.29. The predicted molar refractivity (Wildman–Crippen MR) is 56.1 cm³/mol. The Morgan fingerprint density at radius 2 is 2.57 bits per heavy atom. The molecule has 0 bridgehead atoms. The van der Waals surface area contributed by atoms with Crippen molar-refractivity contribution < 1.29 is 5.11 Å². The number of hydrogen-bond acceptors (Lipinski definition) is 4. The van der Waals surface area contributed by atoms with Gasteiger partial charge in [-0.1, -0.05) is 12.1 Å². The van der Waals surface area contributed by atoms with Crippen LogP contribution in [0.25, 0.3) is 0 Å². The minimum Gasteiger partial charge on any atom is -0.388 e. The van der Waals surface area contributed by atoms with Crippen molar-refractivity contribution in [1.82, 2.24) is 15.0 Å². The van der Waals surface area contributed by atoms with Gasteiger partial charge in [-0.05, 0) is 11.7 Å². The van der Waals surface area contributed by atoms with Gasteiger partial charge in [0.15, 0.2) is 0 Å². The van der Waals surface area contributed by atoms with E-state index in [-0.39, 0.29) is 0 Å². The molecule has 4 nitrogen and oxygen atoms in total. The van der Waals surface area contributed by atoms with Crippen LogP contribution in [0.3, 0.4) is 0 Å². The van der Waals surface area contributed by atoms with Gasteiger partial charge in [-0.3, -0.25) is 4.68 Å². The van der Waals surface area contributed by atoms with Crippen LogP contribution in [0.2, 0.25) is 0 Å². The summed E-state index contributed by atoms with van der Waals surface area (Å²) in [5.74, 6) is 2.19. The van der Waals surface area contributed by atoms with Crippen LogP contribution in [0.5, 0.6) is 0 Å². The molecule has 2 rings (SSSR count). The molecule has 1 aromatic heterocycles. The maximum absolute atomic E-state index is 10.3. The van der Waals surface area contributed by atoms with Crippen LogP contribution in [0.4, 0.5) is 0 Å². The number of aromatic nitrogens is 3. The molecule has 1 aliphatic heterocycles. The smallest absolute Gasteiger partial charge is 0.0856 e. The summed E-state index contributed by atoms with van der Waals surface area (Å²) in [6.07, 6.45) is 2.49. The second-order valence-corrected chi connectivity index (χ2v) is 5.11. The minimum atomic E-state index is -0.583. The molecule has 0 aliphatic carbocycles. The van der Waals surface area contributed by atoms with E-state index in [9.17, 15) is 5.11 Å². The Morgan fingerprint density at radius 1 is 1.79 bits per heavy atom. The number of aryl methyl sites for hydroxylation is 1. The zero-order valence-electron chi connectivity index (χ0n) is 8.47. The lowest BCUT2D eigenvalue weighted by Gasteiger charge is -2.25. The molecule has 0 spiro atoms. The van der Waals surface area contributed by atoms with E-state index in [0.29, 0.717) is 12.3 Å². The number of aliphatic hydroxyl groups is 1. The van der Waals surface area contributed by atoms with E-state index in [0.717, 1.165) is 17.2 Å². The Bertz CT molecular complexity index is 328. The molecule has 1 aromatic rings. The quantitative estimate of drug-likeness (QED) is 0.776. The van der Waals surface area contributed by atoms with Gasteiger partial charge in [-0.15, -0.1) is 5.10 Å². The van der Waals surface area contributed by atoms with Gasteiger partial charge in [-0.25, -0.2) is 0 Å². The summed E-state index contributed by atoms with van der Waals surface area (Å²) < 4.78 is 1.67. The molecular formula is C9H15N3OS. The van der Waals surface area contributed by atoms with Gasteiger partial charge < -0.3 is 5.11 Å². The highest BCUT2D eigenvalue weighted by Gasteiger charge is 2.39. The molecule has 1 aliphatic rings. The fourth-order valence-corrected chi connectivity index (χ4v) is 3.25. The Balaban J connectivity index is 2.10. The number of thioether (sulfide) groups is 1. The number of nitrogens with zero attached hydrogens (tertiary/aromatic N) is 3. The van der Waals surface area contributed by atoms with Crippen molar-refractivity contribution in [2.45, 2.75) is 18.9 Å². The summed E-state index contributed by atoms with van der Waals surface area (Å²) in [7, 11) is 1.84. The monoisotopic (exact) mass is 213 g/mol. The third-order valence-electron chi connectivity index (χ3n) is 2.77. The summed E-state index contributed by atoms with van der Waals surface area (Å²) in [6.45, 7) is 2.09. The molecule has 0 saturated carbocycles. The molecule has 2 heterocycles. The topological polar surface area (TPSA) is 50.9 Å². The van der Waals surface area contributed by atoms with Gasteiger partial charge in [0, 0.05) is 25.4 Å². The second kappa shape index (κ2) is 3.55. The van der Waals surface area contributed by atoms with E-state index in [2.05, 4.69) is 17.2 Å². The first-order chi connectivity index (χ1) is 6.60. The van der Waals surface area contributed by atoms with E-state index < -0.39 is 5.60 Å². The second-order valence-electron chi connectivity index (χ2n) is 4.08. The average Bonchev–Trinajstić information content (AvgIpc) is 2.62. The molecule has 5 heteroatoms. The number of rotatable bonds is 2. The molecule has 0 amide bonds. The largest absolute Gasteiger partial charge is 0.388 e. The van der Waals surface area contributed by atoms with Crippen LogP contribution >= 0.6 is 11.8 Å². The van der Waals surface area contributed by atoms with Crippen molar-refractivity contribution in [1.29, 1.82) is 0 Å². The average molecular weight is 213 g/mol. The maximum atomic E-state index is 10.3. The summed E-state index contributed by atoms with van der Waals surface area (Å²) in [6, 6.07) is 0. The van der Waals surface area contributed by atoms with Gasteiger partial charge in [0.1, 0.15) is 0 Å². The van der Waals surface area contributed by atoms with Crippen LogP contribution in [0, 0.1) is 5.92 Å². The standard InChI is InChI=1S/C9H15N3OS/c1-7-5-14-6-9(7,13)3-8-4-12(2)11-10-8/h4,7,13H,3,5-6H2,1-2H3. The third-order valence-corrected chi connectivity index (χ3v) is 4.21. The molecule has 14 heavy (non-hydrogen) atoms. The molecule has 2 unspecified atom stereocenters. The molecule has 1 fully saturated rings. The third kappa shape index (κ3) is 1.79. The van der Waals surface area contributed by atoms with Gasteiger partial charge in [0.2, 0.25) is 0 Å². The highest BCUT2D eigenvalue weighted by molar-refractivity contribution is 7.99. The molecule has 78 valence electrons. The first kappa shape index (κ1) is 9.98. The van der Waals surface area contributed by atoms with Crippen LogP contribution < -0.4 is 0 Å². The Morgan fingerprint density at radius 3 is 3.07 bits per heavy atom. The molecule has 1 saturated heterocycles. The van der Waals surface area contributed by atoms with E-state index in [1.165, 1.54) is 0 Å². The Hall–Kier alpha value is -0.550. The first-order valence-electron chi connectivity index (χ1n) is 4.75. The normalized spacial score (nSPS) is 32.4. The van der Waals surface area contributed by atoms with E-state index in [1.807, 2.05) is 25.0 Å². The SMILES string of the molecule is CC1CSCC1(O)Cc1cn(C)nn1. The van der Waals surface area contributed by atoms with E-state index >= 15 is 0 Å². The van der Waals surface area contributed by atoms with Crippen molar-refractivity contribution in [3.63, 3.8) is 0 Å². The van der Waals surface area contributed by atoms with Crippen molar-refractivity contribution in [3.8, 4) is 0 Å². The molecular weight excluding hydrogens is 198 g/mol.